The van der Waals surface area contributed by atoms with E-state index in [1.165, 1.54) is 59.8 Å². The quantitative estimate of drug-likeness (QED) is 0.819. The van der Waals surface area contributed by atoms with Gasteiger partial charge in [-0.3, -0.25) is 0 Å². The molecule has 0 spiro atoms. The van der Waals surface area contributed by atoms with Crippen molar-refractivity contribution in [1.29, 1.82) is 0 Å². The molecule has 1 N–H and O–H groups in total. The van der Waals surface area contributed by atoms with E-state index in [1.807, 2.05) is 0 Å². The van der Waals surface area contributed by atoms with E-state index in [0.29, 0.717) is 12.5 Å². The number of rotatable bonds is 2. The van der Waals surface area contributed by atoms with Crippen LogP contribution in [0.1, 0.15) is 73.7 Å². The van der Waals surface area contributed by atoms with Crippen molar-refractivity contribution in [2.24, 2.45) is 0 Å². The number of nitrogens with zero attached hydrogens (tertiary/aromatic N) is 3. The molecule has 2 aliphatic carbocycles. The van der Waals surface area contributed by atoms with Crippen molar-refractivity contribution in [3.8, 4) is 0 Å². The maximum Gasteiger partial charge on any atom is 0.0663 e. The monoisotopic (exact) mass is 340 g/mol. The molecule has 5 nitrogen and oxygen atoms in total. The molecule has 1 unspecified atom stereocenters. The highest BCUT2D eigenvalue weighted by Crippen LogP contribution is 2.44. The Morgan fingerprint density at radius 1 is 1.04 bits per heavy atom. The van der Waals surface area contributed by atoms with Crippen LogP contribution in [0.15, 0.2) is 18.2 Å². The van der Waals surface area contributed by atoms with Gasteiger partial charge in [0.05, 0.1) is 6.04 Å². The van der Waals surface area contributed by atoms with Crippen molar-refractivity contribution in [2.45, 2.75) is 69.9 Å². The van der Waals surface area contributed by atoms with Crippen molar-refractivity contribution in [2.75, 3.05) is 6.54 Å². The van der Waals surface area contributed by atoms with Gasteiger partial charge in [0.2, 0.25) is 0 Å². The summed E-state index contributed by atoms with van der Waals surface area (Å²) in [6.45, 7) is 1.34. The maximum absolute atomic E-state index is 11.6. The maximum atomic E-state index is 11.6. The molecule has 1 aromatic heterocycles. The standard InChI is InChI=1S/C20H26N3O2/c24-23(25)22-12-11-21-18-10-9-15(14-5-2-1-3-6-14)13-17(18)16-7-4-8-19(22)20(16)21/h9-10,13-14,19,24H,1-8,11-12H2/q-1. The normalized spacial score (nSPS) is 24.8. The predicted octanol–water partition coefficient (Wildman–Crippen LogP) is 4.49. The third kappa shape index (κ3) is 2.45. The molecule has 1 atom stereocenters. The summed E-state index contributed by atoms with van der Waals surface area (Å²) in [6, 6.07) is 7.09. The van der Waals surface area contributed by atoms with Gasteiger partial charge in [0.25, 0.3) is 0 Å². The van der Waals surface area contributed by atoms with Crippen LogP contribution in [0.3, 0.4) is 0 Å². The Kier molecular flexibility index (Phi) is 3.86. The lowest BCUT2D eigenvalue weighted by molar-refractivity contribution is -0.233. The lowest BCUT2D eigenvalue weighted by Gasteiger charge is -2.45. The molecule has 5 heteroatoms. The van der Waals surface area contributed by atoms with E-state index < -0.39 is 0 Å². The number of benzene rings is 1. The smallest absolute Gasteiger partial charge is 0.0663 e. The fourth-order valence-electron chi connectivity index (χ4n) is 5.50. The molecule has 0 saturated heterocycles. The van der Waals surface area contributed by atoms with Crippen LogP contribution >= 0.6 is 0 Å². The molecule has 1 aliphatic heterocycles. The van der Waals surface area contributed by atoms with Crippen LogP contribution in [0, 0.1) is 5.21 Å². The van der Waals surface area contributed by atoms with Gasteiger partial charge < -0.3 is 15.0 Å². The average molecular weight is 340 g/mol. The van der Waals surface area contributed by atoms with Crippen LogP contribution in [0.5, 0.6) is 0 Å². The molecule has 134 valence electrons. The predicted molar refractivity (Wildman–Crippen MR) is 97.1 cm³/mol. The van der Waals surface area contributed by atoms with Crippen molar-refractivity contribution < 1.29 is 5.21 Å². The van der Waals surface area contributed by atoms with E-state index in [2.05, 4.69) is 22.8 Å². The van der Waals surface area contributed by atoms with Crippen LogP contribution < -0.4 is 0 Å². The number of hydrogen-bond acceptors (Lipinski definition) is 4. The Morgan fingerprint density at radius 2 is 1.88 bits per heavy atom. The fraction of sp³-hybridized carbons (Fsp3) is 0.600. The second-order valence-electron chi connectivity index (χ2n) is 7.95. The summed E-state index contributed by atoms with van der Waals surface area (Å²) in [4.78, 5) is 0. The largest absolute Gasteiger partial charge is 0.748 e. The summed E-state index contributed by atoms with van der Waals surface area (Å²) in [7, 11) is 0. The molecule has 2 heterocycles. The second-order valence-corrected chi connectivity index (χ2v) is 7.95. The average Bonchev–Trinajstić information content (AvgIpc) is 2.98. The van der Waals surface area contributed by atoms with E-state index >= 15 is 0 Å². The summed E-state index contributed by atoms with van der Waals surface area (Å²) in [5.74, 6) is 0.715. The van der Waals surface area contributed by atoms with E-state index in [1.54, 1.807) is 5.01 Å². The first-order chi connectivity index (χ1) is 12.2. The lowest BCUT2D eigenvalue weighted by Crippen LogP contribution is -2.46. The molecule has 5 rings (SSSR count). The molecule has 0 amide bonds. The summed E-state index contributed by atoms with van der Waals surface area (Å²) in [5, 5.41) is 24.1. The minimum Gasteiger partial charge on any atom is -0.748 e. The highest BCUT2D eigenvalue weighted by molar-refractivity contribution is 5.87. The Morgan fingerprint density at radius 3 is 2.68 bits per heavy atom. The Balaban J connectivity index is 1.63. The van der Waals surface area contributed by atoms with Gasteiger partial charge in [-0.25, -0.2) is 5.01 Å². The van der Waals surface area contributed by atoms with Crippen molar-refractivity contribution in [3.05, 3.63) is 40.2 Å². The van der Waals surface area contributed by atoms with Crippen molar-refractivity contribution in [1.82, 2.24) is 14.9 Å². The molecule has 25 heavy (non-hydrogen) atoms. The Labute approximate surface area is 148 Å². The number of hydrogen-bond donors (Lipinski definition) is 1. The van der Waals surface area contributed by atoms with E-state index in [-0.39, 0.29) is 11.4 Å². The molecule has 0 radical (unpaired) electrons. The van der Waals surface area contributed by atoms with Crippen molar-refractivity contribution >= 4 is 10.9 Å². The van der Waals surface area contributed by atoms with Gasteiger partial charge in [0.15, 0.2) is 0 Å². The fourth-order valence-corrected chi connectivity index (χ4v) is 5.50. The highest BCUT2D eigenvalue weighted by Gasteiger charge is 2.35. The van der Waals surface area contributed by atoms with Gasteiger partial charge in [-0.2, -0.15) is 5.34 Å². The molecular weight excluding hydrogens is 314 g/mol. The van der Waals surface area contributed by atoms with Crippen LogP contribution in [-0.2, 0) is 13.0 Å². The molecule has 3 aliphatic rings. The third-order valence-electron chi connectivity index (χ3n) is 6.67. The molecule has 1 fully saturated rings. The van der Waals surface area contributed by atoms with Gasteiger partial charge in [0.1, 0.15) is 0 Å². The number of aromatic nitrogens is 1. The van der Waals surface area contributed by atoms with E-state index in [9.17, 15) is 10.4 Å². The topological polar surface area (TPSA) is 54.7 Å². The minimum absolute atomic E-state index is 0.0190. The zero-order chi connectivity index (χ0) is 17.0. The summed E-state index contributed by atoms with van der Waals surface area (Å²) < 4.78 is 2.40. The first-order valence-electron chi connectivity index (χ1n) is 9.81. The lowest BCUT2D eigenvalue weighted by atomic mass is 9.83. The van der Waals surface area contributed by atoms with E-state index in [4.69, 9.17) is 0 Å². The van der Waals surface area contributed by atoms with Crippen molar-refractivity contribution in [3.63, 3.8) is 0 Å². The van der Waals surface area contributed by atoms with Crippen LogP contribution in [0.4, 0.5) is 0 Å². The van der Waals surface area contributed by atoms with Gasteiger partial charge in [0, 0.05) is 29.7 Å². The van der Waals surface area contributed by atoms with Crippen LogP contribution in [0.25, 0.3) is 10.9 Å². The van der Waals surface area contributed by atoms with Gasteiger partial charge in [-0.1, -0.05) is 25.3 Å². The first kappa shape index (κ1) is 15.8. The first-order valence-corrected chi connectivity index (χ1v) is 9.81. The third-order valence-corrected chi connectivity index (χ3v) is 6.67. The zero-order valence-corrected chi connectivity index (χ0v) is 14.7. The van der Waals surface area contributed by atoms with Gasteiger partial charge in [-0.05, 0) is 61.3 Å². The summed E-state index contributed by atoms with van der Waals surface area (Å²) in [6.07, 6.45) is 9.84. The summed E-state index contributed by atoms with van der Waals surface area (Å²) >= 11 is 0. The zero-order valence-electron chi connectivity index (χ0n) is 14.7. The molecule has 0 bridgehead atoms. The Hall–Kier alpha value is -1.40. The molecule has 2 aromatic rings. The molecular formula is C20H26N3O2-. The van der Waals surface area contributed by atoms with Gasteiger partial charge in [-0.15, -0.1) is 0 Å². The minimum atomic E-state index is 0.0190. The van der Waals surface area contributed by atoms with Crippen LogP contribution in [-0.4, -0.2) is 26.7 Å². The number of aryl methyl sites for hydroxylation is 1. The van der Waals surface area contributed by atoms with E-state index in [0.717, 1.165) is 25.8 Å². The summed E-state index contributed by atoms with van der Waals surface area (Å²) in [5.41, 5.74) is 5.49. The Bertz CT molecular complexity index is 792. The molecule has 1 aromatic carbocycles. The number of fused-ring (bicyclic) bond motifs is 3. The van der Waals surface area contributed by atoms with Crippen LogP contribution in [0.2, 0.25) is 0 Å². The van der Waals surface area contributed by atoms with Gasteiger partial charge >= 0.3 is 0 Å². The SMILES string of the molecule is [O-]N(O)N1CCn2c3c(c4cc(C5CCCCC5)ccc42)CCCC31. The second kappa shape index (κ2) is 6.09. The number of hydrazine groups is 1. The molecule has 1 saturated carbocycles. The highest BCUT2D eigenvalue weighted by atomic mass is 16.8.